The van der Waals surface area contributed by atoms with E-state index in [2.05, 4.69) is 0 Å². The van der Waals surface area contributed by atoms with Gasteiger partial charge in [0, 0.05) is 5.56 Å². The Labute approximate surface area is 75.1 Å². The Morgan fingerprint density at radius 3 is 2.54 bits per heavy atom. The van der Waals surface area contributed by atoms with E-state index in [1.165, 1.54) is 12.1 Å². The van der Waals surface area contributed by atoms with E-state index >= 15 is 0 Å². The number of hydrogen-bond donors (Lipinski definition) is 3. The molecular weight excluding hydrogens is 172 g/mol. The van der Waals surface area contributed by atoms with Crippen molar-refractivity contribution >= 4 is 5.97 Å². The highest BCUT2D eigenvalue weighted by molar-refractivity contribution is 5.67. The second-order valence-corrected chi connectivity index (χ2v) is 2.67. The monoisotopic (exact) mass is 182 g/mol. The molecule has 70 valence electrons. The number of para-hydroxylation sites is 1. The summed E-state index contributed by atoms with van der Waals surface area (Å²) < 4.78 is 0. The smallest absolute Gasteiger partial charge is 0.306 e. The first-order valence-corrected chi connectivity index (χ1v) is 3.79. The number of phenolic OH excluding ortho intramolecular Hbond substituents is 1. The molecule has 4 nitrogen and oxygen atoms in total. The molecule has 1 rings (SSSR count). The maximum absolute atomic E-state index is 10.3. The SMILES string of the molecule is O=C(O)CC(O)c1ccccc1O. The molecule has 0 radical (unpaired) electrons. The number of aliphatic carboxylic acids is 1. The molecule has 1 unspecified atom stereocenters. The van der Waals surface area contributed by atoms with Crippen LogP contribution in [0, 0.1) is 0 Å². The van der Waals surface area contributed by atoms with Crippen LogP contribution < -0.4 is 0 Å². The van der Waals surface area contributed by atoms with Crippen LogP contribution in [-0.4, -0.2) is 21.3 Å². The zero-order chi connectivity index (χ0) is 9.84. The molecule has 4 heteroatoms. The van der Waals surface area contributed by atoms with Crippen LogP contribution in [0.25, 0.3) is 0 Å². The van der Waals surface area contributed by atoms with Gasteiger partial charge in [-0.25, -0.2) is 0 Å². The molecule has 0 spiro atoms. The van der Waals surface area contributed by atoms with E-state index in [-0.39, 0.29) is 11.3 Å². The van der Waals surface area contributed by atoms with Crippen molar-refractivity contribution in [2.45, 2.75) is 12.5 Å². The minimum absolute atomic E-state index is 0.0868. The van der Waals surface area contributed by atoms with Gasteiger partial charge >= 0.3 is 5.97 Å². The second kappa shape index (κ2) is 3.91. The predicted octanol–water partition coefficient (Wildman–Crippen LogP) is 0.900. The maximum atomic E-state index is 10.3. The summed E-state index contributed by atoms with van der Waals surface area (Å²) in [6, 6.07) is 6.12. The van der Waals surface area contributed by atoms with Crippen molar-refractivity contribution in [3.8, 4) is 5.75 Å². The Kier molecular flexibility index (Phi) is 2.87. The summed E-state index contributed by atoms with van der Waals surface area (Å²) in [5, 5.41) is 27.0. The van der Waals surface area contributed by atoms with Gasteiger partial charge in [0.05, 0.1) is 12.5 Å². The molecule has 1 atom stereocenters. The number of carboxylic acid groups (broad SMARTS) is 1. The third-order valence-corrected chi connectivity index (χ3v) is 1.66. The highest BCUT2D eigenvalue weighted by Gasteiger charge is 2.14. The summed E-state index contributed by atoms with van der Waals surface area (Å²) in [6.07, 6.45) is -1.56. The lowest BCUT2D eigenvalue weighted by atomic mass is 10.1. The molecule has 13 heavy (non-hydrogen) atoms. The number of aromatic hydroxyl groups is 1. The summed E-state index contributed by atoms with van der Waals surface area (Å²) >= 11 is 0. The summed E-state index contributed by atoms with van der Waals surface area (Å²) in [5.74, 6) is -1.19. The topological polar surface area (TPSA) is 77.8 Å². The highest BCUT2D eigenvalue weighted by Crippen LogP contribution is 2.25. The molecule has 0 fully saturated rings. The minimum atomic E-state index is -1.15. The highest BCUT2D eigenvalue weighted by atomic mass is 16.4. The molecule has 0 bridgehead atoms. The first-order chi connectivity index (χ1) is 6.11. The molecule has 0 amide bonds. The fraction of sp³-hybridized carbons (Fsp3) is 0.222. The van der Waals surface area contributed by atoms with E-state index in [1.54, 1.807) is 12.1 Å². The summed E-state index contributed by atoms with van der Waals surface area (Å²) in [5.41, 5.74) is 0.241. The normalized spacial score (nSPS) is 12.4. The van der Waals surface area contributed by atoms with Gasteiger partial charge in [-0.1, -0.05) is 18.2 Å². The number of hydrogen-bond acceptors (Lipinski definition) is 3. The standard InChI is InChI=1S/C9H10O4/c10-7-4-2-1-3-6(7)8(11)5-9(12)13/h1-4,8,10-11H,5H2,(H,12,13). The van der Waals surface area contributed by atoms with Gasteiger partial charge in [0.25, 0.3) is 0 Å². The van der Waals surface area contributed by atoms with Gasteiger partial charge in [-0.3, -0.25) is 4.79 Å². The Hall–Kier alpha value is -1.55. The lowest BCUT2D eigenvalue weighted by molar-refractivity contribution is -0.139. The molecular formula is C9H10O4. The molecule has 0 heterocycles. The quantitative estimate of drug-likeness (QED) is 0.649. The van der Waals surface area contributed by atoms with Crippen molar-refractivity contribution in [1.29, 1.82) is 0 Å². The Morgan fingerprint density at radius 2 is 2.00 bits per heavy atom. The van der Waals surface area contributed by atoms with E-state index < -0.39 is 18.5 Å². The van der Waals surface area contributed by atoms with E-state index in [1.807, 2.05) is 0 Å². The number of aliphatic hydroxyl groups excluding tert-OH is 1. The van der Waals surface area contributed by atoms with Gasteiger partial charge in [0.2, 0.25) is 0 Å². The third-order valence-electron chi connectivity index (χ3n) is 1.66. The van der Waals surface area contributed by atoms with Crippen molar-refractivity contribution < 1.29 is 20.1 Å². The minimum Gasteiger partial charge on any atom is -0.508 e. The molecule has 0 saturated heterocycles. The van der Waals surface area contributed by atoms with E-state index in [9.17, 15) is 15.0 Å². The van der Waals surface area contributed by atoms with Crippen molar-refractivity contribution in [3.63, 3.8) is 0 Å². The number of aliphatic hydroxyl groups is 1. The van der Waals surface area contributed by atoms with Crippen LogP contribution in [-0.2, 0) is 4.79 Å². The Morgan fingerprint density at radius 1 is 1.38 bits per heavy atom. The van der Waals surface area contributed by atoms with Gasteiger partial charge in [-0.2, -0.15) is 0 Å². The molecule has 0 aliphatic heterocycles. The average Bonchev–Trinajstić information content (AvgIpc) is 2.03. The van der Waals surface area contributed by atoms with Crippen molar-refractivity contribution in [3.05, 3.63) is 29.8 Å². The zero-order valence-electron chi connectivity index (χ0n) is 6.84. The molecule has 0 aromatic heterocycles. The van der Waals surface area contributed by atoms with Crippen LogP contribution in [0.15, 0.2) is 24.3 Å². The molecule has 1 aromatic carbocycles. The second-order valence-electron chi connectivity index (χ2n) is 2.67. The third kappa shape index (κ3) is 2.45. The Balaban J connectivity index is 2.82. The van der Waals surface area contributed by atoms with Crippen molar-refractivity contribution in [2.75, 3.05) is 0 Å². The summed E-state index contributed by atoms with van der Waals surface area (Å²) in [7, 11) is 0. The lowest BCUT2D eigenvalue weighted by Crippen LogP contribution is -2.05. The molecule has 0 saturated carbocycles. The molecule has 3 N–H and O–H groups in total. The van der Waals surface area contributed by atoms with Crippen LogP contribution in [0.1, 0.15) is 18.1 Å². The number of rotatable bonds is 3. The van der Waals surface area contributed by atoms with Crippen LogP contribution in [0.3, 0.4) is 0 Å². The predicted molar refractivity (Wildman–Crippen MR) is 45.3 cm³/mol. The van der Waals surface area contributed by atoms with Crippen LogP contribution in [0.5, 0.6) is 5.75 Å². The van der Waals surface area contributed by atoms with Gasteiger partial charge in [-0.05, 0) is 6.07 Å². The fourth-order valence-corrected chi connectivity index (χ4v) is 1.04. The molecule has 1 aromatic rings. The van der Waals surface area contributed by atoms with Crippen molar-refractivity contribution in [2.24, 2.45) is 0 Å². The summed E-state index contributed by atoms with van der Waals surface area (Å²) in [4.78, 5) is 10.3. The number of benzene rings is 1. The first-order valence-electron chi connectivity index (χ1n) is 3.79. The number of phenols is 1. The maximum Gasteiger partial charge on any atom is 0.306 e. The van der Waals surface area contributed by atoms with E-state index in [0.717, 1.165) is 0 Å². The Bertz CT molecular complexity index is 308. The molecule has 0 aliphatic carbocycles. The molecule has 0 aliphatic rings. The first kappa shape index (κ1) is 9.54. The van der Waals surface area contributed by atoms with E-state index in [0.29, 0.717) is 0 Å². The average molecular weight is 182 g/mol. The fourth-order valence-electron chi connectivity index (χ4n) is 1.04. The largest absolute Gasteiger partial charge is 0.508 e. The lowest BCUT2D eigenvalue weighted by Gasteiger charge is -2.09. The van der Waals surface area contributed by atoms with E-state index in [4.69, 9.17) is 5.11 Å². The zero-order valence-corrected chi connectivity index (χ0v) is 6.84. The van der Waals surface area contributed by atoms with Gasteiger partial charge in [-0.15, -0.1) is 0 Å². The van der Waals surface area contributed by atoms with Crippen LogP contribution in [0.2, 0.25) is 0 Å². The van der Waals surface area contributed by atoms with Gasteiger partial charge in [0.1, 0.15) is 5.75 Å². The number of carbonyl (C=O) groups is 1. The van der Waals surface area contributed by atoms with Crippen molar-refractivity contribution in [1.82, 2.24) is 0 Å². The number of carboxylic acids is 1. The van der Waals surface area contributed by atoms with Gasteiger partial charge in [0.15, 0.2) is 0 Å². The van der Waals surface area contributed by atoms with Gasteiger partial charge < -0.3 is 15.3 Å². The van der Waals surface area contributed by atoms with Crippen LogP contribution in [0.4, 0.5) is 0 Å². The van der Waals surface area contributed by atoms with Crippen LogP contribution >= 0.6 is 0 Å². The summed E-state index contributed by atoms with van der Waals surface area (Å²) in [6.45, 7) is 0.